The highest BCUT2D eigenvalue weighted by molar-refractivity contribution is 6.50. The fourth-order valence-corrected chi connectivity index (χ4v) is 4.63. The van der Waals surface area contributed by atoms with E-state index in [1.807, 2.05) is 0 Å². The van der Waals surface area contributed by atoms with Crippen LogP contribution in [0.25, 0.3) is 11.1 Å². The largest absolute Gasteiger partial charge is 0.493 e. The molecular weight excluding hydrogens is 568 g/mol. The fraction of sp³-hybridized carbons (Fsp3) is 0.176. The third-order valence-electron chi connectivity index (χ3n) is 6.85. The molecule has 0 aliphatic carbocycles. The van der Waals surface area contributed by atoms with Crippen LogP contribution < -0.4 is 28.4 Å². The van der Waals surface area contributed by atoms with E-state index in [1.165, 1.54) is 79.1 Å². The number of ketones is 4. The van der Waals surface area contributed by atoms with Gasteiger partial charge >= 0.3 is 0 Å². The third-order valence-corrected chi connectivity index (χ3v) is 6.85. The molecule has 4 rings (SSSR count). The van der Waals surface area contributed by atoms with E-state index in [4.69, 9.17) is 28.4 Å². The van der Waals surface area contributed by atoms with Crippen molar-refractivity contribution in [1.29, 1.82) is 0 Å². The summed E-state index contributed by atoms with van der Waals surface area (Å²) in [5, 5.41) is 0. The molecule has 226 valence electrons. The summed E-state index contributed by atoms with van der Waals surface area (Å²) in [6.45, 7) is 0. The maximum Gasteiger partial charge on any atom is 0.233 e. The molecule has 0 aliphatic heterocycles. The molecule has 4 aromatic carbocycles. The first-order valence-electron chi connectivity index (χ1n) is 13.2. The number of rotatable bonds is 13. The first-order chi connectivity index (χ1) is 21.2. The minimum absolute atomic E-state index is 0.0628. The van der Waals surface area contributed by atoms with Crippen LogP contribution in [0.1, 0.15) is 41.4 Å². The molecule has 0 aromatic heterocycles. The summed E-state index contributed by atoms with van der Waals surface area (Å²) >= 11 is 0. The molecule has 0 amide bonds. The number of Topliss-reactive ketones (excluding diaryl/α,β-unsaturated/α-hetero) is 4. The van der Waals surface area contributed by atoms with Gasteiger partial charge in [0.15, 0.2) is 23.0 Å². The molecule has 0 atom stereocenters. The Kier molecular flexibility index (Phi) is 9.64. The number of methoxy groups -OCH3 is 6. The van der Waals surface area contributed by atoms with Gasteiger partial charge in [0.2, 0.25) is 34.6 Å². The van der Waals surface area contributed by atoms with Gasteiger partial charge in [0.05, 0.1) is 42.7 Å². The van der Waals surface area contributed by atoms with Gasteiger partial charge in [-0.2, -0.15) is 0 Å². The Balaban J connectivity index is 1.63. The molecule has 10 nitrogen and oxygen atoms in total. The molecule has 0 fully saturated rings. The van der Waals surface area contributed by atoms with Gasteiger partial charge in [-0.1, -0.05) is 36.4 Å². The van der Waals surface area contributed by atoms with E-state index in [9.17, 15) is 19.2 Å². The van der Waals surface area contributed by atoms with E-state index >= 15 is 0 Å². The average Bonchev–Trinajstić information content (AvgIpc) is 3.08. The molecule has 0 aliphatic rings. The smallest absolute Gasteiger partial charge is 0.233 e. The van der Waals surface area contributed by atoms with Crippen molar-refractivity contribution in [2.45, 2.75) is 0 Å². The maximum absolute atomic E-state index is 13.3. The van der Waals surface area contributed by atoms with Crippen LogP contribution in [-0.2, 0) is 0 Å². The Morgan fingerprint density at radius 1 is 0.386 bits per heavy atom. The Morgan fingerprint density at radius 3 is 0.955 bits per heavy atom. The number of hydrogen-bond acceptors (Lipinski definition) is 10. The van der Waals surface area contributed by atoms with Crippen LogP contribution >= 0.6 is 0 Å². The van der Waals surface area contributed by atoms with Crippen molar-refractivity contribution in [1.82, 2.24) is 0 Å². The Morgan fingerprint density at radius 2 is 0.682 bits per heavy atom. The highest BCUT2D eigenvalue weighted by Gasteiger charge is 2.25. The van der Waals surface area contributed by atoms with Crippen molar-refractivity contribution < 1.29 is 47.6 Å². The lowest BCUT2D eigenvalue weighted by Crippen LogP contribution is -2.15. The molecule has 0 unspecified atom stereocenters. The minimum atomic E-state index is -0.777. The SMILES string of the molecule is COc1cc(C(=O)C(=O)c2cccc(-c3cccc(C(=O)C(=O)c4cc(OC)c(OC)c(OC)c4)c3)c2)cc(OC)c1OC. The quantitative estimate of drug-likeness (QED) is 0.143. The fourth-order valence-electron chi connectivity index (χ4n) is 4.63. The molecule has 0 saturated heterocycles. The number of hydrogen-bond donors (Lipinski definition) is 0. The lowest BCUT2D eigenvalue weighted by Gasteiger charge is -2.14. The standard InChI is InChI=1S/C34H30O10/c1-39-25-15-23(16-26(40-2)33(25)43-5)31(37)29(35)21-11-7-9-19(13-21)20-10-8-12-22(14-20)30(36)32(38)24-17-27(41-3)34(44-6)28(18-24)42-4/h7-18H,1-6H3. The highest BCUT2D eigenvalue weighted by Crippen LogP contribution is 2.39. The first kappa shape index (κ1) is 31.3. The summed E-state index contributed by atoms with van der Waals surface area (Å²) in [6.07, 6.45) is 0. The molecule has 10 heteroatoms. The molecule has 0 saturated carbocycles. The van der Waals surface area contributed by atoms with Crippen molar-refractivity contribution in [3.8, 4) is 45.6 Å². The average molecular weight is 599 g/mol. The van der Waals surface area contributed by atoms with Gasteiger partial charge in [-0.05, 0) is 47.5 Å². The van der Waals surface area contributed by atoms with Crippen LogP contribution in [0.5, 0.6) is 34.5 Å². The Hall–Kier alpha value is -5.64. The van der Waals surface area contributed by atoms with Gasteiger partial charge in [-0.15, -0.1) is 0 Å². The van der Waals surface area contributed by atoms with Gasteiger partial charge in [-0.3, -0.25) is 19.2 Å². The van der Waals surface area contributed by atoms with Crippen molar-refractivity contribution in [2.24, 2.45) is 0 Å². The summed E-state index contributed by atoms with van der Waals surface area (Å²) in [5.41, 5.74) is 1.51. The van der Waals surface area contributed by atoms with Crippen molar-refractivity contribution in [3.63, 3.8) is 0 Å². The van der Waals surface area contributed by atoms with Crippen molar-refractivity contribution in [3.05, 3.63) is 95.1 Å². The van der Waals surface area contributed by atoms with E-state index in [1.54, 1.807) is 36.4 Å². The van der Waals surface area contributed by atoms with Crippen LogP contribution in [0.2, 0.25) is 0 Å². The lowest BCUT2D eigenvalue weighted by molar-refractivity contribution is 0.0816. The zero-order valence-corrected chi connectivity index (χ0v) is 25.0. The van der Waals surface area contributed by atoms with E-state index in [0.29, 0.717) is 22.6 Å². The van der Waals surface area contributed by atoms with Crippen LogP contribution in [0.4, 0.5) is 0 Å². The first-order valence-corrected chi connectivity index (χ1v) is 13.2. The number of ether oxygens (including phenoxy) is 6. The summed E-state index contributed by atoms with van der Waals surface area (Å²) in [5.74, 6) is -1.55. The minimum Gasteiger partial charge on any atom is -0.493 e. The monoisotopic (exact) mass is 598 g/mol. The molecule has 4 aromatic rings. The maximum atomic E-state index is 13.3. The van der Waals surface area contributed by atoms with Crippen LogP contribution in [0, 0.1) is 0 Å². The number of carbonyl (C=O) groups is 4. The molecule has 44 heavy (non-hydrogen) atoms. The zero-order valence-electron chi connectivity index (χ0n) is 25.0. The second-order valence-corrected chi connectivity index (χ2v) is 9.31. The van der Waals surface area contributed by atoms with Crippen LogP contribution in [-0.4, -0.2) is 65.8 Å². The second-order valence-electron chi connectivity index (χ2n) is 9.31. The summed E-state index contributed by atoms with van der Waals surface area (Å²) in [4.78, 5) is 52.9. The molecular formula is C34H30O10. The predicted molar refractivity (Wildman–Crippen MR) is 161 cm³/mol. The summed E-state index contributed by atoms with van der Waals surface area (Å²) < 4.78 is 31.8. The second kappa shape index (κ2) is 13.6. The Labute approximate surface area is 254 Å². The van der Waals surface area contributed by atoms with Gasteiger partial charge in [0, 0.05) is 22.3 Å². The highest BCUT2D eigenvalue weighted by atomic mass is 16.5. The van der Waals surface area contributed by atoms with Gasteiger partial charge in [0.1, 0.15) is 0 Å². The molecule has 0 N–H and O–H groups in total. The van der Waals surface area contributed by atoms with Crippen molar-refractivity contribution in [2.75, 3.05) is 42.7 Å². The Bertz CT molecular complexity index is 1580. The summed E-state index contributed by atoms with van der Waals surface area (Å²) in [7, 11) is 8.51. The predicted octanol–water partition coefficient (Wildman–Crippen LogP) is 5.54. The van der Waals surface area contributed by atoms with Gasteiger partial charge < -0.3 is 28.4 Å². The normalized spacial score (nSPS) is 10.4. The van der Waals surface area contributed by atoms with E-state index in [2.05, 4.69) is 0 Å². The molecule has 0 heterocycles. The van der Waals surface area contributed by atoms with Crippen molar-refractivity contribution >= 4 is 23.1 Å². The van der Waals surface area contributed by atoms with E-state index < -0.39 is 23.1 Å². The lowest BCUT2D eigenvalue weighted by atomic mass is 9.94. The van der Waals surface area contributed by atoms with Crippen LogP contribution in [0.3, 0.4) is 0 Å². The van der Waals surface area contributed by atoms with E-state index in [-0.39, 0.29) is 45.3 Å². The third kappa shape index (κ3) is 6.10. The van der Waals surface area contributed by atoms with E-state index in [0.717, 1.165) is 0 Å². The zero-order chi connectivity index (χ0) is 32.0. The topological polar surface area (TPSA) is 124 Å². The van der Waals surface area contributed by atoms with Gasteiger partial charge in [-0.25, -0.2) is 0 Å². The van der Waals surface area contributed by atoms with Crippen LogP contribution in [0.15, 0.2) is 72.8 Å². The summed E-state index contributed by atoms with van der Waals surface area (Å²) in [6, 6.07) is 18.5. The molecule has 0 spiro atoms. The number of carbonyl (C=O) groups excluding carboxylic acids is 4. The molecule has 0 radical (unpaired) electrons. The molecule has 0 bridgehead atoms. The number of benzene rings is 4. The van der Waals surface area contributed by atoms with Gasteiger partial charge in [0.25, 0.3) is 0 Å².